The third kappa shape index (κ3) is 2.11. The molecule has 0 aromatic heterocycles. The van der Waals surface area contributed by atoms with E-state index in [0.29, 0.717) is 11.1 Å². The number of carbonyl (C=O) groups is 1. The lowest BCUT2D eigenvalue weighted by atomic mass is 9.95. The van der Waals surface area contributed by atoms with Gasteiger partial charge in [-0.05, 0) is 42.7 Å². The van der Waals surface area contributed by atoms with Gasteiger partial charge in [-0.25, -0.2) is 4.39 Å². The molecule has 0 heterocycles. The smallest absolute Gasteiger partial charge is 0.150 e. The molecule has 1 nitrogen and oxygen atoms in total. The van der Waals surface area contributed by atoms with Gasteiger partial charge in [-0.3, -0.25) is 4.79 Å². The summed E-state index contributed by atoms with van der Waals surface area (Å²) in [6.07, 6.45) is 0.827. The van der Waals surface area contributed by atoms with E-state index in [1.54, 1.807) is 24.3 Å². The van der Waals surface area contributed by atoms with E-state index >= 15 is 0 Å². The Balaban J connectivity index is 2.65. The van der Waals surface area contributed by atoms with Crippen molar-refractivity contribution in [1.82, 2.24) is 0 Å². The van der Waals surface area contributed by atoms with Crippen molar-refractivity contribution in [2.75, 3.05) is 0 Å². The summed E-state index contributed by atoms with van der Waals surface area (Å²) >= 11 is 0. The molecule has 2 rings (SSSR count). The molecule has 2 heteroatoms. The van der Waals surface area contributed by atoms with Crippen molar-refractivity contribution >= 4 is 6.29 Å². The van der Waals surface area contributed by atoms with Crippen LogP contribution in [0.4, 0.5) is 4.39 Å². The molecule has 0 saturated heterocycles. The fourth-order valence-electron chi connectivity index (χ4n) is 1.94. The molecule has 0 saturated carbocycles. The number of aryl methyl sites for hydroxylation is 2. The molecule has 0 amide bonds. The zero-order valence-corrected chi connectivity index (χ0v) is 9.83. The quantitative estimate of drug-likeness (QED) is 0.712. The Kier molecular flexibility index (Phi) is 3.05. The van der Waals surface area contributed by atoms with E-state index in [0.717, 1.165) is 23.0 Å². The first kappa shape index (κ1) is 11.5. The normalized spacial score (nSPS) is 10.3. The summed E-state index contributed by atoms with van der Waals surface area (Å²) in [5, 5.41) is 0. The van der Waals surface area contributed by atoms with Crippen LogP contribution in [0.15, 0.2) is 36.4 Å². The summed E-state index contributed by atoms with van der Waals surface area (Å²) in [6, 6.07) is 10.3. The third-order valence-electron chi connectivity index (χ3n) is 2.90. The maximum atomic E-state index is 13.7. The lowest BCUT2D eigenvalue weighted by molar-refractivity contribution is 0.112. The molecular weight excluding hydrogens is 215 g/mol. The molecule has 0 bridgehead atoms. The van der Waals surface area contributed by atoms with Crippen molar-refractivity contribution in [1.29, 1.82) is 0 Å². The van der Waals surface area contributed by atoms with Gasteiger partial charge in [0.15, 0.2) is 0 Å². The number of hydrogen-bond acceptors (Lipinski definition) is 1. The van der Waals surface area contributed by atoms with Crippen LogP contribution in [0.25, 0.3) is 11.1 Å². The monoisotopic (exact) mass is 228 g/mol. The Morgan fingerprint density at radius 1 is 1.00 bits per heavy atom. The fraction of sp³-hybridized carbons (Fsp3) is 0.133. The molecule has 2 aromatic rings. The molecule has 0 aliphatic carbocycles. The van der Waals surface area contributed by atoms with Crippen LogP contribution in [0.5, 0.6) is 0 Å². The molecule has 0 radical (unpaired) electrons. The molecule has 17 heavy (non-hydrogen) atoms. The van der Waals surface area contributed by atoms with Crippen molar-refractivity contribution in [2.45, 2.75) is 13.8 Å². The first-order chi connectivity index (χ1) is 8.13. The van der Waals surface area contributed by atoms with Crippen LogP contribution in [0.2, 0.25) is 0 Å². The van der Waals surface area contributed by atoms with Crippen LogP contribution in [-0.2, 0) is 0 Å². The van der Waals surface area contributed by atoms with E-state index in [-0.39, 0.29) is 5.82 Å². The van der Waals surface area contributed by atoms with E-state index in [1.807, 2.05) is 19.9 Å². The predicted octanol–water partition coefficient (Wildman–Crippen LogP) is 3.92. The van der Waals surface area contributed by atoms with Gasteiger partial charge in [0.05, 0.1) is 0 Å². The fourth-order valence-corrected chi connectivity index (χ4v) is 1.94. The Labute approximate surface area is 99.9 Å². The summed E-state index contributed by atoms with van der Waals surface area (Å²) < 4.78 is 13.7. The molecular formula is C15H13FO. The van der Waals surface area contributed by atoms with E-state index in [2.05, 4.69) is 0 Å². The molecule has 2 aromatic carbocycles. The van der Waals surface area contributed by atoms with Crippen LogP contribution in [0.1, 0.15) is 21.5 Å². The molecule has 0 atom stereocenters. The molecule has 0 unspecified atom stereocenters. The average Bonchev–Trinajstić information content (AvgIpc) is 2.32. The highest BCUT2D eigenvalue weighted by Gasteiger charge is 2.09. The summed E-state index contributed by atoms with van der Waals surface area (Å²) in [7, 11) is 0. The lowest BCUT2D eigenvalue weighted by Gasteiger charge is -2.10. The second-order valence-corrected chi connectivity index (χ2v) is 4.12. The number of aldehydes is 1. The van der Waals surface area contributed by atoms with E-state index in [9.17, 15) is 9.18 Å². The van der Waals surface area contributed by atoms with Crippen molar-refractivity contribution in [3.8, 4) is 11.1 Å². The molecule has 0 aliphatic heterocycles. The summed E-state index contributed by atoms with van der Waals surface area (Å²) in [5.74, 6) is -0.242. The first-order valence-electron chi connectivity index (χ1n) is 5.45. The Hall–Kier alpha value is -1.96. The predicted molar refractivity (Wildman–Crippen MR) is 66.7 cm³/mol. The standard InChI is InChI=1S/C15H13FO/c1-10-8-14(11(2)7-12(10)9-17)13-5-3-4-6-15(13)16/h3-9H,1-2H3. The van der Waals surface area contributed by atoms with Gasteiger partial charge in [0.1, 0.15) is 12.1 Å². The summed E-state index contributed by atoms with van der Waals surface area (Å²) in [5.41, 5.74) is 3.84. The summed E-state index contributed by atoms with van der Waals surface area (Å²) in [6.45, 7) is 3.74. The van der Waals surface area contributed by atoms with Crippen LogP contribution >= 0.6 is 0 Å². The topological polar surface area (TPSA) is 17.1 Å². The van der Waals surface area contributed by atoms with E-state index < -0.39 is 0 Å². The second-order valence-electron chi connectivity index (χ2n) is 4.12. The van der Waals surface area contributed by atoms with Crippen molar-refractivity contribution in [3.05, 3.63) is 58.9 Å². The SMILES string of the molecule is Cc1cc(-c2ccccc2F)c(C)cc1C=O. The van der Waals surface area contributed by atoms with E-state index in [4.69, 9.17) is 0 Å². The number of hydrogen-bond donors (Lipinski definition) is 0. The Morgan fingerprint density at radius 3 is 2.35 bits per heavy atom. The first-order valence-corrected chi connectivity index (χ1v) is 5.45. The minimum atomic E-state index is -0.242. The van der Waals surface area contributed by atoms with Crippen LogP contribution < -0.4 is 0 Å². The van der Waals surface area contributed by atoms with Crippen molar-refractivity contribution < 1.29 is 9.18 Å². The number of halogens is 1. The average molecular weight is 228 g/mol. The lowest BCUT2D eigenvalue weighted by Crippen LogP contribution is -1.93. The maximum absolute atomic E-state index is 13.7. The van der Waals surface area contributed by atoms with Gasteiger partial charge in [-0.15, -0.1) is 0 Å². The minimum Gasteiger partial charge on any atom is -0.298 e. The molecule has 0 N–H and O–H groups in total. The third-order valence-corrected chi connectivity index (χ3v) is 2.90. The molecule has 86 valence electrons. The number of carbonyl (C=O) groups excluding carboxylic acids is 1. The van der Waals surface area contributed by atoms with Crippen LogP contribution in [0, 0.1) is 19.7 Å². The zero-order valence-electron chi connectivity index (χ0n) is 9.83. The zero-order chi connectivity index (χ0) is 12.4. The highest BCUT2D eigenvalue weighted by Crippen LogP contribution is 2.28. The van der Waals surface area contributed by atoms with E-state index in [1.165, 1.54) is 6.07 Å². The molecule has 0 fully saturated rings. The van der Waals surface area contributed by atoms with Crippen LogP contribution in [-0.4, -0.2) is 6.29 Å². The number of rotatable bonds is 2. The number of benzene rings is 2. The van der Waals surface area contributed by atoms with Gasteiger partial charge in [-0.1, -0.05) is 24.3 Å². The summed E-state index contributed by atoms with van der Waals surface area (Å²) in [4.78, 5) is 10.8. The maximum Gasteiger partial charge on any atom is 0.150 e. The Bertz CT molecular complexity index is 573. The molecule has 0 aliphatic rings. The van der Waals surface area contributed by atoms with Crippen molar-refractivity contribution in [3.63, 3.8) is 0 Å². The highest BCUT2D eigenvalue weighted by atomic mass is 19.1. The Morgan fingerprint density at radius 2 is 1.71 bits per heavy atom. The van der Waals surface area contributed by atoms with Gasteiger partial charge in [-0.2, -0.15) is 0 Å². The van der Waals surface area contributed by atoms with Crippen molar-refractivity contribution in [2.24, 2.45) is 0 Å². The second kappa shape index (κ2) is 4.50. The van der Waals surface area contributed by atoms with Gasteiger partial charge in [0.2, 0.25) is 0 Å². The van der Waals surface area contributed by atoms with Gasteiger partial charge < -0.3 is 0 Å². The van der Waals surface area contributed by atoms with Gasteiger partial charge >= 0.3 is 0 Å². The van der Waals surface area contributed by atoms with Gasteiger partial charge in [0.25, 0.3) is 0 Å². The molecule has 0 spiro atoms. The van der Waals surface area contributed by atoms with Crippen LogP contribution in [0.3, 0.4) is 0 Å². The largest absolute Gasteiger partial charge is 0.298 e. The minimum absolute atomic E-state index is 0.242. The van der Waals surface area contributed by atoms with Gasteiger partial charge in [0, 0.05) is 11.1 Å². The highest BCUT2D eigenvalue weighted by molar-refractivity contribution is 5.81.